The molecule has 1 atom stereocenters. The van der Waals surface area contributed by atoms with Gasteiger partial charge in [0.2, 0.25) is 0 Å². The van der Waals surface area contributed by atoms with Gasteiger partial charge < -0.3 is 15.2 Å². The lowest BCUT2D eigenvalue weighted by Gasteiger charge is -2.28. The lowest BCUT2D eigenvalue weighted by atomic mass is 9.84. The molecule has 0 aromatic carbocycles. The van der Waals surface area contributed by atoms with Gasteiger partial charge >= 0.3 is 12.1 Å². The topological polar surface area (TPSA) is 75.6 Å². The first-order chi connectivity index (χ1) is 9.76. The fourth-order valence-electron chi connectivity index (χ4n) is 2.85. The normalized spacial score (nSPS) is 18.0. The maximum absolute atomic E-state index is 11.9. The maximum Gasteiger partial charge on any atom is 0.407 e. The van der Waals surface area contributed by atoms with Crippen molar-refractivity contribution in [2.24, 2.45) is 5.92 Å². The molecule has 0 saturated heterocycles. The second-order valence-electron chi connectivity index (χ2n) is 7.02. The molecule has 0 aromatic heterocycles. The minimum absolute atomic E-state index is 0.0766. The van der Waals surface area contributed by atoms with E-state index in [9.17, 15) is 9.59 Å². The standard InChI is InChI=1S/C16H29NO4/c1-16(2,3)21-15(20)17-13(9-10-14(18)19)11-12-7-5-4-6-8-12/h12-13H,4-11H2,1-3H3,(H,17,20)(H,18,19)/t13-/m1/s1. The summed E-state index contributed by atoms with van der Waals surface area (Å²) in [6.07, 6.45) is 7.07. The van der Waals surface area contributed by atoms with Gasteiger partial charge in [0.05, 0.1) is 0 Å². The number of carboxylic acid groups (broad SMARTS) is 1. The molecule has 1 aliphatic rings. The van der Waals surface area contributed by atoms with Crippen LogP contribution in [-0.2, 0) is 9.53 Å². The first-order valence-electron chi connectivity index (χ1n) is 7.97. The zero-order chi connectivity index (χ0) is 15.9. The summed E-state index contributed by atoms with van der Waals surface area (Å²) in [5, 5.41) is 11.7. The Morgan fingerprint density at radius 1 is 1.24 bits per heavy atom. The Bertz CT molecular complexity index is 343. The number of ether oxygens (including phenoxy) is 1. The van der Waals surface area contributed by atoms with Gasteiger partial charge in [-0.3, -0.25) is 4.79 Å². The first kappa shape index (κ1) is 17.8. The number of hydrogen-bond donors (Lipinski definition) is 2. The Hall–Kier alpha value is -1.26. The zero-order valence-electron chi connectivity index (χ0n) is 13.5. The number of carbonyl (C=O) groups excluding carboxylic acids is 1. The maximum atomic E-state index is 11.9. The molecule has 21 heavy (non-hydrogen) atoms. The number of aliphatic carboxylic acids is 1. The van der Waals surface area contributed by atoms with Crippen molar-refractivity contribution in [3.63, 3.8) is 0 Å². The van der Waals surface area contributed by atoms with Gasteiger partial charge in [-0.05, 0) is 39.5 Å². The molecular weight excluding hydrogens is 270 g/mol. The van der Waals surface area contributed by atoms with E-state index in [0.29, 0.717) is 12.3 Å². The van der Waals surface area contributed by atoms with Gasteiger partial charge in [-0.15, -0.1) is 0 Å². The summed E-state index contributed by atoms with van der Waals surface area (Å²) in [4.78, 5) is 22.6. The van der Waals surface area contributed by atoms with Gasteiger partial charge in [0.1, 0.15) is 5.60 Å². The third-order valence-electron chi connectivity index (χ3n) is 3.77. The van der Waals surface area contributed by atoms with Crippen LogP contribution in [0.4, 0.5) is 4.79 Å². The SMILES string of the molecule is CC(C)(C)OC(=O)N[C@H](CCC(=O)O)CC1CCCCC1. The van der Waals surface area contributed by atoms with Crippen molar-refractivity contribution in [2.45, 2.75) is 83.8 Å². The molecule has 0 spiro atoms. The molecular formula is C16H29NO4. The predicted molar refractivity (Wildman–Crippen MR) is 81.2 cm³/mol. The van der Waals surface area contributed by atoms with E-state index in [4.69, 9.17) is 9.84 Å². The van der Waals surface area contributed by atoms with Crippen LogP contribution in [0.3, 0.4) is 0 Å². The largest absolute Gasteiger partial charge is 0.481 e. The van der Waals surface area contributed by atoms with E-state index in [1.54, 1.807) is 0 Å². The van der Waals surface area contributed by atoms with Crippen molar-refractivity contribution in [2.75, 3.05) is 0 Å². The van der Waals surface area contributed by atoms with Gasteiger partial charge in [0.15, 0.2) is 0 Å². The molecule has 2 N–H and O–H groups in total. The molecule has 0 heterocycles. The summed E-state index contributed by atoms with van der Waals surface area (Å²) < 4.78 is 5.27. The van der Waals surface area contributed by atoms with Gasteiger partial charge in [-0.2, -0.15) is 0 Å². The van der Waals surface area contributed by atoms with Crippen LogP contribution < -0.4 is 5.32 Å². The zero-order valence-corrected chi connectivity index (χ0v) is 13.5. The third kappa shape index (κ3) is 8.58. The molecule has 0 radical (unpaired) electrons. The highest BCUT2D eigenvalue weighted by molar-refractivity contribution is 5.69. The summed E-state index contributed by atoms with van der Waals surface area (Å²) in [7, 11) is 0. The van der Waals surface area contributed by atoms with E-state index in [-0.39, 0.29) is 12.5 Å². The molecule has 1 fully saturated rings. The Labute approximate surface area is 127 Å². The van der Waals surface area contributed by atoms with Crippen molar-refractivity contribution >= 4 is 12.1 Å². The van der Waals surface area contributed by atoms with E-state index in [1.165, 1.54) is 32.1 Å². The van der Waals surface area contributed by atoms with Crippen molar-refractivity contribution in [3.05, 3.63) is 0 Å². The molecule has 1 amide bonds. The van der Waals surface area contributed by atoms with Crippen LogP contribution in [0.25, 0.3) is 0 Å². The summed E-state index contributed by atoms with van der Waals surface area (Å²) >= 11 is 0. The number of hydrogen-bond acceptors (Lipinski definition) is 3. The van der Waals surface area contributed by atoms with E-state index in [0.717, 1.165) is 6.42 Å². The minimum Gasteiger partial charge on any atom is -0.481 e. The summed E-state index contributed by atoms with van der Waals surface area (Å²) in [5.74, 6) is -0.234. The molecule has 1 saturated carbocycles. The van der Waals surface area contributed by atoms with E-state index >= 15 is 0 Å². The highest BCUT2D eigenvalue weighted by Gasteiger charge is 2.23. The Kier molecular flexibility index (Phi) is 6.99. The second-order valence-corrected chi connectivity index (χ2v) is 7.02. The number of rotatable bonds is 6. The van der Waals surface area contributed by atoms with Gasteiger partial charge in [-0.25, -0.2) is 4.79 Å². The average molecular weight is 299 g/mol. The van der Waals surface area contributed by atoms with Gasteiger partial charge in [-0.1, -0.05) is 32.1 Å². The number of amides is 1. The average Bonchev–Trinajstić information content (AvgIpc) is 2.34. The summed E-state index contributed by atoms with van der Waals surface area (Å²) in [6, 6.07) is -0.112. The van der Waals surface area contributed by atoms with Crippen molar-refractivity contribution < 1.29 is 19.4 Å². The van der Waals surface area contributed by atoms with Gasteiger partial charge in [0, 0.05) is 12.5 Å². The lowest BCUT2D eigenvalue weighted by Crippen LogP contribution is -2.40. The van der Waals surface area contributed by atoms with Crippen LogP contribution >= 0.6 is 0 Å². The molecule has 0 unspecified atom stereocenters. The molecule has 0 bridgehead atoms. The molecule has 5 heteroatoms. The van der Waals surface area contributed by atoms with E-state index in [1.807, 2.05) is 20.8 Å². The number of alkyl carbamates (subject to hydrolysis) is 1. The third-order valence-corrected chi connectivity index (χ3v) is 3.77. The monoisotopic (exact) mass is 299 g/mol. The first-order valence-corrected chi connectivity index (χ1v) is 7.97. The van der Waals surface area contributed by atoms with Crippen LogP contribution in [-0.4, -0.2) is 28.8 Å². The van der Waals surface area contributed by atoms with Crippen molar-refractivity contribution in [1.82, 2.24) is 5.32 Å². The van der Waals surface area contributed by atoms with E-state index in [2.05, 4.69) is 5.32 Å². The molecule has 1 rings (SSSR count). The summed E-state index contributed by atoms with van der Waals surface area (Å²) in [6.45, 7) is 5.46. The van der Waals surface area contributed by atoms with Crippen molar-refractivity contribution in [1.29, 1.82) is 0 Å². The minimum atomic E-state index is -0.824. The Morgan fingerprint density at radius 3 is 2.38 bits per heavy atom. The number of carbonyl (C=O) groups is 2. The van der Waals surface area contributed by atoms with E-state index < -0.39 is 17.7 Å². The number of nitrogens with one attached hydrogen (secondary N) is 1. The fourth-order valence-corrected chi connectivity index (χ4v) is 2.85. The highest BCUT2D eigenvalue weighted by Crippen LogP contribution is 2.28. The Morgan fingerprint density at radius 2 is 1.86 bits per heavy atom. The quantitative estimate of drug-likeness (QED) is 0.784. The van der Waals surface area contributed by atoms with Crippen LogP contribution in [0, 0.1) is 5.92 Å². The molecule has 122 valence electrons. The number of carboxylic acids is 1. The second kappa shape index (κ2) is 8.25. The van der Waals surface area contributed by atoms with Crippen LogP contribution in [0.15, 0.2) is 0 Å². The molecule has 1 aliphatic carbocycles. The molecule has 0 aromatic rings. The van der Waals surface area contributed by atoms with Crippen molar-refractivity contribution in [3.8, 4) is 0 Å². The lowest BCUT2D eigenvalue weighted by molar-refractivity contribution is -0.137. The molecule has 5 nitrogen and oxygen atoms in total. The predicted octanol–water partition coefficient (Wildman–Crippen LogP) is 3.71. The summed E-state index contributed by atoms with van der Waals surface area (Å²) in [5.41, 5.74) is -0.535. The van der Waals surface area contributed by atoms with Crippen LogP contribution in [0.5, 0.6) is 0 Å². The smallest absolute Gasteiger partial charge is 0.407 e. The Balaban J connectivity index is 2.50. The van der Waals surface area contributed by atoms with Gasteiger partial charge in [0.25, 0.3) is 0 Å². The highest BCUT2D eigenvalue weighted by atomic mass is 16.6. The fraction of sp³-hybridized carbons (Fsp3) is 0.875. The molecule has 0 aliphatic heterocycles. The van der Waals surface area contributed by atoms with Crippen LogP contribution in [0.2, 0.25) is 0 Å². The van der Waals surface area contributed by atoms with Crippen LogP contribution in [0.1, 0.15) is 72.1 Å².